The van der Waals surface area contributed by atoms with Crippen molar-refractivity contribution >= 4 is 0 Å². The van der Waals surface area contributed by atoms with E-state index < -0.39 is 0 Å². The SMILES string of the molecule is COc1cccc(OCC2CCOCC2)c1C. The van der Waals surface area contributed by atoms with Gasteiger partial charge in [-0.05, 0) is 37.8 Å². The highest BCUT2D eigenvalue weighted by atomic mass is 16.5. The van der Waals surface area contributed by atoms with Gasteiger partial charge in [-0.25, -0.2) is 0 Å². The van der Waals surface area contributed by atoms with Crippen LogP contribution in [0.1, 0.15) is 18.4 Å². The Morgan fingerprint density at radius 3 is 2.65 bits per heavy atom. The molecule has 1 aromatic carbocycles. The first-order chi connectivity index (χ1) is 8.31. The first kappa shape index (κ1) is 12.2. The number of rotatable bonds is 4. The van der Waals surface area contributed by atoms with Crippen molar-refractivity contribution in [2.75, 3.05) is 26.9 Å². The van der Waals surface area contributed by atoms with Crippen LogP contribution in [0.4, 0.5) is 0 Å². The van der Waals surface area contributed by atoms with E-state index in [-0.39, 0.29) is 0 Å². The minimum atomic E-state index is 0.620. The van der Waals surface area contributed by atoms with Gasteiger partial charge < -0.3 is 14.2 Å². The summed E-state index contributed by atoms with van der Waals surface area (Å²) in [5.41, 5.74) is 1.07. The van der Waals surface area contributed by atoms with Crippen molar-refractivity contribution in [3.05, 3.63) is 23.8 Å². The van der Waals surface area contributed by atoms with Crippen molar-refractivity contribution in [1.82, 2.24) is 0 Å². The molecular weight excluding hydrogens is 216 g/mol. The number of benzene rings is 1. The molecule has 0 saturated carbocycles. The molecule has 1 fully saturated rings. The average molecular weight is 236 g/mol. The van der Waals surface area contributed by atoms with Crippen LogP contribution < -0.4 is 9.47 Å². The number of hydrogen-bond acceptors (Lipinski definition) is 3. The summed E-state index contributed by atoms with van der Waals surface area (Å²) in [5, 5.41) is 0. The van der Waals surface area contributed by atoms with E-state index >= 15 is 0 Å². The van der Waals surface area contributed by atoms with Gasteiger partial charge in [0, 0.05) is 18.8 Å². The van der Waals surface area contributed by atoms with Crippen LogP contribution in [0.15, 0.2) is 18.2 Å². The topological polar surface area (TPSA) is 27.7 Å². The van der Waals surface area contributed by atoms with Crippen LogP contribution in [0.3, 0.4) is 0 Å². The van der Waals surface area contributed by atoms with E-state index in [0.717, 1.165) is 49.7 Å². The molecule has 17 heavy (non-hydrogen) atoms. The molecule has 1 heterocycles. The smallest absolute Gasteiger partial charge is 0.125 e. The molecule has 1 aromatic rings. The first-order valence-electron chi connectivity index (χ1n) is 6.15. The van der Waals surface area contributed by atoms with Crippen LogP contribution in [0.25, 0.3) is 0 Å². The van der Waals surface area contributed by atoms with Crippen LogP contribution in [0, 0.1) is 12.8 Å². The predicted molar refractivity (Wildman–Crippen MR) is 66.8 cm³/mol. The molecule has 0 aliphatic carbocycles. The maximum atomic E-state index is 5.88. The van der Waals surface area contributed by atoms with Crippen LogP contribution in [-0.2, 0) is 4.74 Å². The highest BCUT2D eigenvalue weighted by molar-refractivity contribution is 5.43. The van der Waals surface area contributed by atoms with Gasteiger partial charge in [-0.15, -0.1) is 0 Å². The number of ether oxygens (including phenoxy) is 3. The number of hydrogen-bond donors (Lipinski definition) is 0. The van der Waals surface area contributed by atoms with Crippen LogP contribution in [-0.4, -0.2) is 26.9 Å². The standard InChI is InChI=1S/C14H20O3/c1-11-13(15-2)4-3-5-14(11)17-10-12-6-8-16-9-7-12/h3-5,12H,6-10H2,1-2H3. The van der Waals surface area contributed by atoms with E-state index in [1.165, 1.54) is 0 Å². The lowest BCUT2D eigenvalue weighted by atomic mass is 10.0. The lowest BCUT2D eigenvalue weighted by molar-refractivity contribution is 0.0496. The Balaban J connectivity index is 1.93. The van der Waals surface area contributed by atoms with Gasteiger partial charge in [0.1, 0.15) is 11.5 Å². The zero-order valence-electron chi connectivity index (χ0n) is 10.6. The monoisotopic (exact) mass is 236 g/mol. The predicted octanol–water partition coefficient (Wildman–Crippen LogP) is 2.81. The highest BCUT2D eigenvalue weighted by Gasteiger charge is 2.15. The van der Waals surface area contributed by atoms with Gasteiger partial charge in [0.05, 0.1) is 13.7 Å². The largest absolute Gasteiger partial charge is 0.496 e. The fourth-order valence-electron chi connectivity index (χ4n) is 2.09. The molecule has 3 nitrogen and oxygen atoms in total. The normalized spacial score (nSPS) is 16.8. The van der Waals surface area contributed by atoms with Crippen molar-refractivity contribution in [3.63, 3.8) is 0 Å². The molecule has 0 radical (unpaired) electrons. The highest BCUT2D eigenvalue weighted by Crippen LogP contribution is 2.28. The van der Waals surface area contributed by atoms with Crippen molar-refractivity contribution in [3.8, 4) is 11.5 Å². The molecular formula is C14H20O3. The fraction of sp³-hybridized carbons (Fsp3) is 0.571. The molecule has 1 saturated heterocycles. The third-order valence-electron chi connectivity index (χ3n) is 3.27. The molecule has 3 heteroatoms. The molecule has 94 valence electrons. The summed E-state index contributed by atoms with van der Waals surface area (Å²) in [6.45, 7) is 4.53. The Morgan fingerprint density at radius 1 is 1.24 bits per heavy atom. The van der Waals surface area contributed by atoms with E-state index in [1.807, 2.05) is 25.1 Å². The molecule has 0 unspecified atom stereocenters. The zero-order valence-corrected chi connectivity index (χ0v) is 10.6. The maximum Gasteiger partial charge on any atom is 0.125 e. The summed E-state index contributed by atoms with van der Waals surface area (Å²) in [4.78, 5) is 0. The summed E-state index contributed by atoms with van der Waals surface area (Å²) < 4.78 is 16.5. The van der Waals surface area contributed by atoms with Gasteiger partial charge in [0.25, 0.3) is 0 Å². The van der Waals surface area contributed by atoms with Crippen molar-refractivity contribution in [1.29, 1.82) is 0 Å². The quantitative estimate of drug-likeness (QED) is 0.804. The van der Waals surface area contributed by atoms with E-state index in [1.54, 1.807) is 7.11 Å². The van der Waals surface area contributed by atoms with E-state index in [9.17, 15) is 0 Å². The second-order valence-electron chi connectivity index (χ2n) is 4.45. The lowest BCUT2D eigenvalue weighted by Crippen LogP contribution is -2.21. The molecule has 0 atom stereocenters. The maximum absolute atomic E-state index is 5.88. The third kappa shape index (κ3) is 3.13. The van der Waals surface area contributed by atoms with Gasteiger partial charge in [-0.3, -0.25) is 0 Å². The van der Waals surface area contributed by atoms with E-state index in [4.69, 9.17) is 14.2 Å². The Kier molecular flexibility index (Phi) is 4.26. The molecule has 0 N–H and O–H groups in total. The molecule has 0 amide bonds. The van der Waals surface area contributed by atoms with Gasteiger partial charge in [-0.1, -0.05) is 6.07 Å². The van der Waals surface area contributed by atoms with Crippen LogP contribution >= 0.6 is 0 Å². The lowest BCUT2D eigenvalue weighted by Gasteiger charge is -2.22. The van der Waals surface area contributed by atoms with Gasteiger partial charge in [0.2, 0.25) is 0 Å². The van der Waals surface area contributed by atoms with Gasteiger partial charge >= 0.3 is 0 Å². The minimum Gasteiger partial charge on any atom is -0.496 e. The summed E-state index contributed by atoms with van der Waals surface area (Å²) in [6.07, 6.45) is 2.20. The fourth-order valence-corrected chi connectivity index (χ4v) is 2.09. The Labute approximate surface area is 103 Å². The molecule has 1 aliphatic heterocycles. The summed E-state index contributed by atoms with van der Waals surface area (Å²) in [6, 6.07) is 5.92. The molecule has 1 aliphatic rings. The van der Waals surface area contributed by atoms with Crippen molar-refractivity contribution < 1.29 is 14.2 Å². The second-order valence-corrected chi connectivity index (χ2v) is 4.45. The molecule has 0 bridgehead atoms. The minimum absolute atomic E-state index is 0.620. The van der Waals surface area contributed by atoms with Crippen LogP contribution in [0.2, 0.25) is 0 Å². The van der Waals surface area contributed by atoms with E-state index in [0.29, 0.717) is 5.92 Å². The summed E-state index contributed by atoms with van der Waals surface area (Å²) >= 11 is 0. The number of methoxy groups -OCH3 is 1. The Bertz CT molecular complexity index is 356. The summed E-state index contributed by atoms with van der Waals surface area (Å²) in [5.74, 6) is 2.43. The van der Waals surface area contributed by atoms with Crippen molar-refractivity contribution in [2.45, 2.75) is 19.8 Å². The Hall–Kier alpha value is -1.22. The third-order valence-corrected chi connectivity index (χ3v) is 3.27. The van der Waals surface area contributed by atoms with Gasteiger partial charge in [-0.2, -0.15) is 0 Å². The van der Waals surface area contributed by atoms with Gasteiger partial charge in [0.15, 0.2) is 0 Å². The molecule has 0 aromatic heterocycles. The zero-order chi connectivity index (χ0) is 12.1. The van der Waals surface area contributed by atoms with E-state index in [2.05, 4.69) is 0 Å². The molecule has 2 rings (SSSR count). The Morgan fingerprint density at radius 2 is 1.94 bits per heavy atom. The average Bonchev–Trinajstić information content (AvgIpc) is 2.39. The van der Waals surface area contributed by atoms with Crippen molar-refractivity contribution in [2.24, 2.45) is 5.92 Å². The molecule has 0 spiro atoms. The second kappa shape index (κ2) is 5.92. The summed E-state index contributed by atoms with van der Waals surface area (Å²) in [7, 11) is 1.69. The first-order valence-corrected chi connectivity index (χ1v) is 6.15. The van der Waals surface area contributed by atoms with Crippen LogP contribution in [0.5, 0.6) is 11.5 Å².